The number of hydrogen-bond donors (Lipinski definition) is 1. The van der Waals surface area contributed by atoms with Crippen LogP contribution in [0.2, 0.25) is 0 Å². The molecule has 0 saturated carbocycles. The molecule has 1 N–H and O–H groups in total. The SMILES string of the molecule is COc1ccc(-n2ncc3c2CC(C)(C)C[C@@H]3NC2CCOCC2)cc1. The van der Waals surface area contributed by atoms with E-state index in [2.05, 4.69) is 42.2 Å². The number of nitrogens with zero attached hydrogens (tertiary/aromatic N) is 2. The Morgan fingerprint density at radius 1 is 1.19 bits per heavy atom. The normalized spacial score (nSPS) is 22.8. The van der Waals surface area contributed by atoms with Crippen LogP contribution in [-0.2, 0) is 11.2 Å². The van der Waals surface area contributed by atoms with Gasteiger partial charge in [-0.1, -0.05) is 13.8 Å². The average molecular weight is 355 g/mol. The van der Waals surface area contributed by atoms with Crippen LogP contribution in [0.1, 0.15) is 50.4 Å². The molecule has 0 bridgehead atoms. The number of nitrogens with one attached hydrogen (secondary N) is 1. The smallest absolute Gasteiger partial charge is 0.119 e. The molecular weight excluding hydrogens is 326 g/mol. The molecule has 0 unspecified atom stereocenters. The third-order valence-electron chi connectivity index (χ3n) is 5.65. The van der Waals surface area contributed by atoms with E-state index in [-0.39, 0.29) is 5.41 Å². The fraction of sp³-hybridized carbons (Fsp3) is 0.571. The van der Waals surface area contributed by atoms with Gasteiger partial charge in [-0.3, -0.25) is 0 Å². The monoisotopic (exact) mass is 355 g/mol. The molecule has 2 heterocycles. The van der Waals surface area contributed by atoms with Crippen molar-refractivity contribution in [1.29, 1.82) is 0 Å². The van der Waals surface area contributed by atoms with Crippen molar-refractivity contribution >= 4 is 0 Å². The van der Waals surface area contributed by atoms with Gasteiger partial charge in [-0.25, -0.2) is 4.68 Å². The Hall–Kier alpha value is -1.85. The molecule has 5 heteroatoms. The van der Waals surface area contributed by atoms with Crippen molar-refractivity contribution in [2.45, 2.75) is 51.6 Å². The number of fused-ring (bicyclic) bond motifs is 1. The van der Waals surface area contributed by atoms with Crippen molar-refractivity contribution < 1.29 is 9.47 Å². The maximum atomic E-state index is 5.51. The molecule has 2 aliphatic rings. The molecule has 0 amide bonds. The van der Waals surface area contributed by atoms with Crippen LogP contribution in [0.3, 0.4) is 0 Å². The molecule has 1 fully saturated rings. The first-order chi connectivity index (χ1) is 12.6. The van der Waals surface area contributed by atoms with Gasteiger partial charge in [-0.05, 0) is 55.4 Å². The molecule has 1 aliphatic heterocycles. The fourth-order valence-electron chi connectivity index (χ4n) is 4.29. The van der Waals surface area contributed by atoms with Gasteiger partial charge in [0.25, 0.3) is 0 Å². The lowest BCUT2D eigenvalue weighted by Gasteiger charge is -2.38. The minimum absolute atomic E-state index is 0.250. The van der Waals surface area contributed by atoms with Crippen LogP contribution in [0.25, 0.3) is 5.69 Å². The van der Waals surface area contributed by atoms with Gasteiger partial charge in [-0.15, -0.1) is 0 Å². The molecule has 26 heavy (non-hydrogen) atoms. The average Bonchev–Trinajstić information content (AvgIpc) is 3.05. The molecule has 0 spiro atoms. The van der Waals surface area contributed by atoms with E-state index in [4.69, 9.17) is 14.6 Å². The predicted octanol–water partition coefficient (Wildman–Crippen LogP) is 3.66. The Bertz CT molecular complexity index is 745. The van der Waals surface area contributed by atoms with Crippen molar-refractivity contribution in [3.63, 3.8) is 0 Å². The molecule has 1 aromatic heterocycles. The maximum Gasteiger partial charge on any atom is 0.119 e. The lowest BCUT2D eigenvalue weighted by molar-refractivity contribution is 0.0717. The van der Waals surface area contributed by atoms with Crippen LogP contribution in [-0.4, -0.2) is 36.1 Å². The molecule has 4 rings (SSSR count). The maximum absolute atomic E-state index is 5.51. The van der Waals surface area contributed by atoms with E-state index in [1.807, 2.05) is 12.1 Å². The van der Waals surface area contributed by atoms with Crippen LogP contribution >= 0.6 is 0 Å². The number of ether oxygens (including phenoxy) is 2. The van der Waals surface area contributed by atoms with E-state index >= 15 is 0 Å². The van der Waals surface area contributed by atoms with Crippen LogP contribution in [0.5, 0.6) is 5.75 Å². The molecule has 1 aromatic carbocycles. The van der Waals surface area contributed by atoms with Gasteiger partial charge in [0.2, 0.25) is 0 Å². The summed E-state index contributed by atoms with van der Waals surface area (Å²) < 4.78 is 12.9. The van der Waals surface area contributed by atoms with Crippen LogP contribution in [0, 0.1) is 5.41 Å². The summed E-state index contributed by atoms with van der Waals surface area (Å²) in [6.07, 6.45) is 6.44. The second kappa shape index (κ2) is 7.05. The van der Waals surface area contributed by atoms with E-state index < -0.39 is 0 Å². The number of rotatable bonds is 4. The zero-order valence-corrected chi connectivity index (χ0v) is 16.0. The molecule has 2 aromatic rings. The van der Waals surface area contributed by atoms with Gasteiger partial charge in [-0.2, -0.15) is 5.10 Å². The van der Waals surface area contributed by atoms with Crippen molar-refractivity contribution in [1.82, 2.24) is 15.1 Å². The first kappa shape index (κ1) is 17.6. The van der Waals surface area contributed by atoms with Gasteiger partial charge in [0.1, 0.15) is 5.75 Å². The highest BCUT2D eigenvalue weighted by molar-refractivity contribution is 5.41. The summed E-state index contributed by atoms with van der Waals surface area (Å²) in [5.74, 6) is 0.870. The molecule has 1 saturated heterocycles. The molecule has 140 valence electrons. The summed E-state index contributed by atoms with van der Waals surface area (Å²) >= 11 is 0. The fourth-order valence-corrected chi connectivity index (χ4v) is 4.29. The molecular formula is C21H29N3O2. The topological polar surface area (TPSA) is 48.3 Å². The van der Waals surface area contributed by atoms with Crippen LogP contribution in [0.4, 0.5) is 0 Å². The summed E-state index contributed by atoms with van der Waals surface area (Å²) in [5, 5.41) is 8.64. The third kappa shape index (κ3) is 3.51. The first-order valence-corrected chi connectivity index (χ1v) is 9.61. The standard InChI is InChI=1S/C21H29N3O2/c1-21(2)12-19(23-15-8-10-26-11-9-15)18-14-22-24(20(18)13-21)16-4-6-17(25-3)7-5-16/h4-7,14-15,19,23H,8-13H2,1-3H3/t19-/m0/s1. The molecule has 1 atom stereocenters. The zero-order chi connectivity index (χ0) is 18.1. The second-order valence-electron chi connectivity index (χ2n) is 8.31. The lowest BCUT2D eigenvalue weighted by atomic mass is 9.74. The van der Waals surface area contributed by atoms with Crippen molar-refractivity contribution in [3.05, 3.63) is 41.7 Å². The lowest BCUT2D eigenvalue weighted by Crippen LogP contribution is -2.41. The number of methoxy groups -OCH3 is 1. The summed E-state index contributed by atoms with van der Waals surface area (Å²) in [5.41, 5.74) is 4.03. The first-order valence-electron chi connectivity index (χ1n) is 9.61. The summed E-state index contributed by atoms with van der Waals surface area (Å²) in [7, 11) is 1.69. The Labute approximate surface area is 155 Å². The quantitative estimate of drug-likeness (QED) is 0.909. The summed E-state index contributed by atoms with van der Waals surface area (Å²) in [6.45, 7) is 6.46. The third-order valence-corrected chi connectivity index (χ3v) is 5.65. The molecule has 5 nitrogen and oxygen atoms in total. The van der Waals surface area contributed by atoms with Crippen molar-refractivity contribution in [2.24, 2.45) is 5.41 Å². The Morgan fingerprint density at radius 3 is 2.62 bits per heavy atom. The number of aromatic nitrogens is 2. The van der Waals surface area contributed by atoms with Crippen LogP contribution in [0.15, 0.2) is 30.5 Å². The van der Waals surface area contributed by atoms with Gasteiger partial charge >= 0.3 is 0 Å². The molecule has 0 radical (unpaired) electrons. The van der Waals surface area contributed by atoms with E-state index in [0.717, 1.165) is 50.3 Å². The van der Waals surface area contributed by atoms with Crippen molar-refractivity contribution in [3.8, 4) is 11.4 Å². The Kier molecular flexibility index (Phi) is 4.76. The van der Waals surface area contributed by atoms with E-state index in [1.54, 1.807) is 7.11 Å². The van der Waals surface area contributed by atoms with Gasteiger partial charge in [0, 0.05) is 36.6 Å². The van der Waals surface area contributed by atoms with Crippen LogP contribution < -0.4 is 10.1 Å². The Morgan fingerprint density at radius 2 is 1.92 bits per heavy atom. The predicted molar refractivity (Wildman–Crippen MR) is 102 cm³/mol. The molecule has 1 aliphatic carbocycles. The minimum Gasteiger partial charge on any atom is -0.497 e. The number of hydrogen-bond acceptors (Lipinski definition) is 4. The number of benzene rings is 1. The largest absolute Gasteiger partial charge is 0.497 e. The summed E-state index contributed by atoms with van der Waals surface area (Å²) in [4.78, 5) is 0. The second-order valence-corrected chi connectivity index (χ2v) is 8.31. The van der Waals surface area contributed by atoms with Gasteiger partial charge in [0.05, 0.1) is 19.0 Å². The minimum atomic E-state index is 0.250. The van der Waals surface area contributed by atoms with Crippen molar-refractivity contribution in [2.75, 3.05) is 20.3 Å². The van der Waals surface area contributed by atoms with E-state index in [9.17, 15) is 0 Å². The van der Waals surface area contributed by atoms with Gasteiger partial charge < -0.3 is 14.8 Å². The van der Waals surface area contributed by atoms with E-state index in [1.165, 1.54) is 11.3 Å². The highest BCUT2D eigenvalue weighted by Crippen LogP contribution is 2.42. The summed E-state index contributed by atoms with van der Waals surface area (Å²) in [6, 6.07) is 9.05. The Balaban J connectivity index is 1.64. The highest BCUT2D eigenvalue weighted by atomic mass is 16.5. The van der Waals surface area contributed by atoms with Gasteiger partial charge in [0.15, 0.2) is 0 Å². The van der Waals surface area contributed by atoms with E-state index in [0.29, 0.717) is 12.1 Å². The zero-order valence-electron chi connectivity index (χ0n) is 16.0. The highest BCUT2D eigenvalue weighted by Gasteiger charge is 2.36.